The molecule has 0 aromatic carbocycles. The highest BCUT2D eigenvalue weighted by atomic mass is 35.5. The van der Waals surface area contributed by atoms with Crippen molar-refractivity contribution in [3.63, 3.8) is 0 Å². The summed E-state index contributed by atoms with van der Waals surface area (Å²) in [7, 11) is 0. The molecule has 1 N–H and O–H groups in total. The number of nitrogens with zero attached hydrogens (tertiary/aromatic N) is 1. The fourth-order valence-electron chi connectivity index (χ4n) is 1.96. The van der Waals surface area contributed by atoms with Crippen LogP contribution in [0.5, 0.6) is 0 Å². The molecule has 102 valence electrons. The first-order chi connectivity index (χ1) is 8.90. The summed E-state index contributed by atoms with van der Waals surface area (Å²) in [4.78, 5) is 37.5. The molecule has 1 aromatic rings. The minimum atomic E-state index is -0.812. The molecule has 1 aromatic heterocycles. The van der Waals surface area contributed by atoms with Crippen molar-refractivity contribution in [3.05, 3.63) is 21.3 Å². The van der Waals surface area contributed by atoms with E-state index in [0.717, 1.165) is 9.78 Å². The van der Waals surface area contributed by atoms with Crippen LogP contribution in [0.2, 0.25) is 4.34 Å². The average Bonchev–Trinajstić information content (AvgIpc) is 2.69. The van der Waals surface area contributed by atoms with Crippen LogP contribution in [-0.4, -0.2) is 22.7 Å². The van der Waals surface area contributed by atoms with Crippen LogP contribution in [0.3, 0.4) is 0 Å². The number of carbonyl (C=O) groups is 3. The van der Waals surface area contributed by atoms with E-state index in [4.69, 9.17) is 11.6 Å². The molecule has 19 heavy (non-hydrogen) atoms. The number of carbonyl (C=O) groups excluding carboxylic acids is 3. The van der Waals surface area contributed by atoms with E-state index < -0.39 is 23.8 Å². The first-order valence-electron chi connectivity index (χ1n) is 5.80. The number of hydrogen-bond donors (Lipinski definition) is 1. The van der Waals surface area contributed by atoms with Gasteiger partial charge in [-0.1, -0.05) is 25.4 Å². The second-order valence-electron chi connectivity index (χ2n) is 4.65. The molecule has 0 spiro atoms. The standard InChI is InChI=1S/C12H13ClN2O3S/c1-6(2)9-10(16)14-12(18)15(11(9)17)5-7-3-4-8(13)19-7/h3-4,6,9H,5H2,1-2H3,(H,14,16,18). The van der Waals surface area contributed by atoms with Crippen LogP contribution in [0.1, 0.15) is 18.7 Å². The monoisotopic (exact) mass is 300 g/mol. The average molecular weight is 301 g/mol. The lowest BCUT2D eigenvalue weighted by Crippen LogP contribution is -2.58. The summed E-state index contributed by atoms with van der Waals surface area (Å²) < 4.78 is 0.594. The van der Waals surface area contributed by atoms with Crippen molar-refractivity contribution < 1.29 is 14.4 Å². The number of barbiturate groups is 1. The Morgan fingerprint density at radius 2 is 2.05 bits per heavy atom. The number of halogens is 1. The van der Waals surface area contributed by atoms with Gasteiger partial charge in [0.15, 0.2) is 0 Å². The number of nitrogens with one attached hydrogen (secondary N) is 1. The largest absolute Gasteiger partial charge is 0.331 e. The maximum Gasteiger partial charge on any atom is 0.331 e. The van der Waals surface area contributed by atoms with Gasteiger partial charge >= 0.3 is 6.03 Å². The van der Waals surface area contributed by atoms with Crippen molar-refractivity contribution in [2.75, 3.05) is 0 Å². The number of hydrogen-bond acceptors (Lipinski definition) is 4. The SMILES string of the molecule is CC(C)C1C(=O)NC(=O)N(Cc2ccc(Cl)s2)C1=O. The normalized spacial score (nSPS) is 20.1. The highest BCUT2D eigenvalue weighted by Crippen LogP contribution is 2.25. The Labute approximate surface area is 119 Å². The van der Waals surface area contributed by atoms with Crippen LogP contribution in [0.25, 0.3) is 0 Å². The van der Waals surface area contributed by atoms with Crippen molar-refractivity contribution in [1.82, 2.24) is 10.2 Å². The van der Waals surface area contributed by atoms with Crippen molar-refractivity contribution >= 4 is 40.8 Å². The highest BCUT2D eigenvalue weighted by molar-refractivity contribution is 7.16. The van der Waals surface area contributed by atoms with Crippen molar-refractivity contribution in [2.45, 2.75) is 20.4 Å². The maximum absolute atomic E-state index is 12.2. The molecule has 0 aliphatic carbocycles. The lowest BCUT2D eigenvalue weighted by atomic mass is 9.92. The summed E-state index contributed by atoms with van der Waals surface area (Å²) in [5.74, 6) is -1.94. The van der Waals surface area contributed by atoms with Crippen molar-refractivity contribution in [3.8, 4) is 0 Å². The Hall–Kier alpha value is -1.40. The molecule has 4 amide bonds. The topological polar surface area (TPSA) is 66.5 Å². The highest BCUT2D eigenvalue weighted by Gasteiger charge is 2.41. The van der Waals surface area contributed by atoms with Crippen LogP contribution in [0.15, 0.2) is 12.1 Å². The first kappa shape index (κ1) is 14.0. The molecular formula is C12H13ClN2O3S. The van der Waals surface area contributed by atoms with Gasteiger partial charge in [0.05, 0.1) is 10.9 Å². The van der Waals surface area contributed by atoms with E-state index >= 15 is 0 Å². The van der Waals surface area contributed by atoms with E-state index in [9.17, 15) is 14.4 Å². The van der Waals surface area contributed by atoms with Gasteiger partial charge in [0, 0.05) is 4.88 Å². The van der Waals surface area contributed by atoms with Gasteiger partial charge in [0.25, 0.3) is 0 Å². The predicted molar refractivity (Wildman–Crippen MR) is 71.7 cm³/mol. The molecule has 1 atom stereocenters. The van der Waals surface area contributed by atoms with Crippen molar-refractivity contribution in [2.24, 2.45) is 11.8 Å². The Morgan fingerprint density at radius 1 is 1.37 bits per heavy atom. The molecule has 2 heterocycles. The van der Waals surface area contributed by atoms with Crippen LogP contribution in [-0.2, 0) is 16.1 Å². The molecular weight excluding hydrogens is 288 g/mol. The number of urea groups is 1. The molecule has 1 aliphatic rings. The summed E-state index contributed by atoms with van der Waals surface area (Å²) in [5, 5.41) is 2.22. The van der Waals surface area contributed by atoms with Gasteiger partial charge in [-0.25, -0.2) is 4.79 Å². The fraction of sp³-hybridized carbons (Fsp3) is 0.417. The minimum Gasteiger partial charge on any atom is -0.277 e. The third-order valence-electron chi connectivity index (χ3n) is 2.90. The lowest BCUT2D eigenvalue weighted by molar-refractivity contribution is -0.144. The van der Waals surface area contributed by atoms with E-state index in [1.807, 2.05) is 0 Å². The zero-order valence-corrected chi connectivity index (χ0v) is 12.0. The van der Waals surface area contributed by atoms with Gasteiger partial charge in [0.1, 0.15) is 5.92 Å². The van der Waals surface area contributed by atoms with E-state index in [0.29, 0.717) is 4.34 Å². The van der Waals surface area contributed by atoms with Gasteiger partial charge in [-0.15, -0.1) is 11.3 Å². The van der Waals surface area contributed by atoms with E-state index in [2.05, 4.69) is 5.32 Å². The Kier molecular flexibility index (Phi) is 3.91. The third-order valence-corrected chi connectivity index (χ3v) is 4.12. The number of imide groups is 2. The molecule has 2 rings (SSSR count). The van der Waals surface area contributed by atoms with Gasteiger partial charge in [-0.3, -0.25) is 19.8 Å². The smallest absolute Gasteiger partial charge is 0.277 e. The second kappa shape index (κ2) is 5.30. The van der Waals surface area contributed by atoms with Crippen LogP contribution >= 0.6 is 22.9 Å². The zero-order chi connectivity index (χ0) is 14.2. The van der Waals surface area contributed by atoms with Gasteiger partial charge in [-0.2, -0.15) is 0 Å². The van der Waals surface area contributed by atoms with Gasteiger partial charge < -0.3 is 0 Å². The summed E-state index contributed by atoms with van der Waals surface area (Å²) in [5.41, 5.74) is 0. The Bertz CT molecular complexity index is 541. The summed E-state index contributed by atoms with van der Waals surface area (Å²) in [6.45, 7) is 3.69. The minimum absolute atomic E-state index is 0.137. The molecule has 5 nitrogen and oxygen atoms in total. The molecule has 1 saturated heterocycles. The first-order valence-corrected chi connectivity index (χ1v) is 7.00. The number of rotatable bonds is 3. The third kappa shape index (κ3) is 2.79. The molecule has 1 aliphatic heterocycles. The molecule has 1 fully saturated rings. The van der Waals surface area contributed by atoms with Crippen LogP contribution in [0.4, 0.5) is 4.79 Å². The zero-order valence-electron chi connectivity index (χ0n) is 10.5. The van der Waals surface area contributed by atoms with E-state index in [1.54, 1.807) is 26.0 Å². The lowest BCUT2D eigenvalue weighted by Gasteiger charge is -2.31. The fourth-order valence-corrected chi connectivity index (χ4v) is 3.04. The second-order valence-corrected chi connectivity index (χ2v) is 6.45. The Balaban J connectivity index is 2.21. The van der Waals surface area contributed by atoms with Gasteiger partial charge in [0.2, 0.25) is 11.8 Å². The summed E-state index contributed by atoms with van der Waals surface area (Å²) in [6, 6.07) is 2.80. The summed E-state index contributed by atoms with van der Waals surface area (Å²) in [6.07, 6.45) is 0. The van der Waals surface area contributed by atoms with Gasteiger partial charge in [-0.05, 0) is 18.1 Å². The summed E-state index contributed by atoms with van der Waals surface area (Å²) >= 11 is 7.12. The number of thiophene rings is 1. The molecule has 0 bridgehead atoms. The Morgan fingerprint density at radius 3 is 2.58 bits per heavy atom. The van der Waals surface area contributed by atoms with E-state index in [1.165, 1.54) is 11.3 Å². The molecule has 0 radical (unpaired) electrons. The molecule has 0 saturated carbocycles. The van der Waals surface area contributed by atoms with Crippen LogP contribution in [0, 0.1) is 11.8 Å². The molecule has 1 unspecified atom stereocenters. The quantitative estimate of drug-likeness (QED) is 0.871. The number of amides is 4. The molecule has 7 heteroatoms. The maximum atomic E-state index is 12.2. The van der Waals surface area contributed by atoms with Crippen molar-refractivity contribution in [1.29, 1.82) is 0 Å². The predicted octanol–water partition coefficient (Wildman–Crippen LogP) is 2.25. The van der Waals surface area contributed by atoms with E-state index in [-0.39, 0.29) is 12.5 Å². The van der Waals surface area contributed by atoms with Crippen LogP contribution < -0.4 is 5.32 Å².